The normalized spacial score (nSPS) is 21.9. The Kier molecular flexibility index (Phi) is 48.2. The van der Waals surface area contributed by atoms with Crippen molar-refractivity contribution in [2.45, 2.75) is 252 Å². The first-order chi connectivity index (χ1) is 45.9. The van der Waals surface area contributed by atoms with Gasteiger partial charge in [0, 0.05) is 24.5 Å². The highest BCUT2D eigenvalue weighted by molar-refractivity contribution is 7.81. The molecule has 0 bridgehead atoms. The highest BCUT2D eigenvalue weighted by Gasteiger charge is 2.32. The Morgan fingerprint density at radius 1 is 0.240 bits per heavy atom. The number of carbonyl (C=O) groups is 5. The van der Waals surface area contributed by atoms with E-state index in [1.807, 2.05) is 60.7 Å². The van der Waals surface area contributed by atoms with Gasteiger partial charge >= 0.3 is 29.8 Å². The van der Waals surface area contributed by atoms with Crippen LogP contribution in [0.5, 0.6) is 28.7 Å². The maximum Gasteiger partial charge on any atom is 0.314 e. The predicted octanol–water partition coefficient (Wildman–Crippen LogP) is 23.2. The van der Waals surface area contributed by atoms with Crippen LogP contribution in [-0.4, -0.2) is 29.8 Å². The van der Waals surface area contributed by atoms with Crippen LogP contribution in [0, 0.1) is 59.2 Å². The monoisotopic (exact) mass is 1490 g/mol. The summed E-state index contributed by atoms with van der Waals surface area (Å²) < 4.78 is 27.2. The number of hydrogen-bond donors (Lipinski definition) is 5. The summed E-state index contributed by atoms with van der Waals surface area (Å²) in [5.74, 6) is 7.30. The SMILES string of the molecule is CCCC1CCC(C(=O)Oc2ccc(S)cc2)CC1.CCCC1CCC(C(=O)Oc2ccc(S)cc2)CC1.CCCC1CCC(C(=O)Oc2ccc(S)cc2)CC1.CCCC1CCC(C(=O)Oc2ccc(S)cc2)CC1.CCCC1CCC(C(=O)Oc2ccc(S)cc2)CC1.F.F.F.F.F. The maximum absolute atomic E-state index is 12.1. The molecule has 0 saturated heterocycles. The Bertz CT molecular complexity index is 2530. The molecule has 10 rings (SSSR count). The van der Waals surface area contributed by atoms with Crippen LogP contribution in [0.3, 0.4) is 0 Å². The molecule has 5 aliphatic carbocycles. The van der Waals surface area contributed by atoms with Gasteiger partial charge in [-0.15, -0.1) is 63.1 Å². The molecule has 0 spiro atoms. The molecule has 0 heterocycles. The Hall–Kier alpha value is -5.15. The van der Waals surface area contributed by atoms with Crippen LogP contribution in [0.15, 0.2) is 146 Å². The molecular formula is C80H115F5O10S5. The standard InChI is InChI=1S/5C16H22O2S.5FH/c5*1-2-3-12-4-6-13(7-5-12)16(17)18-14-8-10-15(19)11-9-14;;;;;/h5*8-13,19H,2-7H2,1H3;5*1H. The summed E-state index contributed by atoms with van der Waals surface area (Å²) in [7, 11) is 0. The molecule has 0 N–H and O–H groups in total. The molecular weight excluding hydrogens is 1380 g/mol. The zero-order valence-electron chi connectivity index (χ0n) is 59.4. The average molecular weight is 1490 g/mol. The van der Waals surface area contributed by atoms with Crippen LogP contribution in [-0.2, 0) is 24.0 Å². The minimum Gasteiger partial charge on any atom is -0.426 e. The van der Waals surface area contributed by atoms with Crippen molar-refractivity contribution in [1.29, 1.82) is 0 Å². The van der Waals surface area contributed by atoms with Crippen LogP contribution < -0.4 is 23.7 Å². The lowest BCUT2D eigenvalue weighted by Crippen LogP contribution is -2.25. The molecule has 5 fully saturated rings. The summed E-state index contributed by atoms with van der Waals surface area (Å²) in [4.78, 5) is 64.8. The van der Waals surface area contributed by atoms with Gasteiger partial charge in [0.05, 0.1) is 29.6 Å². The number of hydrogen-bond acceptors (Lipinski definition) is 15. The number of rotatable bonds is 20. The van der Waals surface area contributed by atoms with Gasteiger partial charge in [-0.05, 0) is 279 Å². The lowest BCUT2D eigenvalue weighted by atomic mass is 9.80. The van der Waals surface area contributed by atoms with Crippen molar-refractivity contribution in [3.8, 4) is 28.7 Å². The van der Waals surface area contributed by atoms with E-state index in [4.69, 9.17) is 23.7 Å². The van der Waals surface area contributed by atoms with E-state index in [9.17, 15) is 24.0 Å². The molecule has 0 unspecified atom stereocenters. The minimum absolute atomic E-state index is 0. The molecule has 0 atom stereocenters. The average Bonchev–Trinajstić information content (AvgIpc) is 0.904. The van der Waals surface area contributed by atoms with E-state index in [2.05, 4.69) is 97.8 Å². The largest absolute Gasteiger partial charge is 0.426 e. The van der Waals surface area contributed by atoms with Crippen molar-refractivity contribution in [3.05, 3.63) is 121 Å². The molecule has 0 amide bonds. The third-order valence-electron chi connectivity index (χ3n) is 19.7. The second-order valence-corrected chi connectivity index (χ2v) is 29.7. The van der Waals surface area contributed by atoms with E-state index >= 15 is 0 Å². The van der Waals surface area contributed by atoms with Gasteiger partial charge in [-0.2, -0.15) is 0 Å². The van der Waals surface area contributed by atoms with Gasteiger partial charge in [-0.3, -0.25) is 47.5 Å². The number of thiol groups is 5. The van der Waals surface area contributed by atoms with E-state index in [0.717, 1.165) is 118 Å². The smallest absolute Gasteiger partial charge is 0.314 e. The summed E-state index contributed by atoms with van der Waals surface area (Å²) in [6.07, 6.45) is 34.2. The molecule has 0 radical (unpaired) electrons. The topological polar surface area (TPSA) is 132 Å². The van der Waals surface area contributed by atoms with Gasteiger partial charge in [-0.1, -0.05) is 98.8 Å². The molecule has 10 nitrogen and oxygen atoms in total. The minimum atomic E-state index is -0.0677. The molecule has 5 aromatic carbocycles. The fourth-order valence-corrected chi connectivity index (χ4v) is 14.8. The van der Waals surface area contributed by atoms with Crippen LogP contribution in [0.2, 0.25) is 0 Å². The molecule has 5 aromatic rings. The predicted molar refractivity (Wildman–Crippen MR) is 411 cm³/mol. The second kappa shape index (κ2) is 51.9. The Labute approximate surface area is 621 Å². The molecule has 100 heavy (non-hydrogen) atoms. The molecule has 0 aromatic heterocycles. The van der Waals surface area contributed by atoms with Crippen LogP contribution in [0.1, 0.15) is 227 Å². The van der Waals surface area contributed by atoms with Crippen LogP contribution in [0.4, 0.5) is 23.5 Å². The van der Waals surface area contributed by atoms with Gasteiger partial charge in [-0.25, -0.2) is 0 Å². The second-order valence-electron chi connectivity index (χ2n) is 27.1. The molecule has 5 saturated carbocycles. The Morgan fingerprint density at radius 3 is 0.470 bits per heavy atom. The van der Waals surface area contributed by atoms with Gasteiger partial charge in [0.2, 0.25) is 0 Å². The van der Waals surface area contributed by atoms with Crippen molar-refractivity contribution in [2.75, 3.05) is 0 Å². The molecule has 20 heteroatoms. The summed E-state index contributed by atoms with van der Waals surface area (Å²) in [6.45, 7) is 11.1. The summed E-state index contributed by atoms with van der Waals surface area (Å²) in [5, 5.41) is 0. The molecule has 560 valence electrons. The lowest BCUT2D eigenvalue weighted by Gasteiger charge is -2.26. The van der Waals surface area contributed by atoms with Gasteiger partial charge in [0.25, 0.3) is 0 Å². The van der Waals surface area contributed by atoms with E-state index in [0.29, 0.717) is 28.7 Å². The fraction of sp³-hybridized carbons (Fsp3) is 0.562. The number of ether oxygens (including phenoxy) is 5. The summed E-state index contributed by atoms with van der Waals surface area (Å²) in [6, 6.07) is 36.3. The number of esters is 5. The van der Waals surface area contributed by atoms with E-state index in [1.165, 1.54) is 128 Å². The zero-order chi connectivity index (χ0) is 68.3. The Balaban J connectivity index is 0.000000617. The Morgan fingerprint density at radius 2 is 0.360 bits per heavy atom. The van der Waals surface area contributed by atoms with Crippen LogP contribution in [0.25, 0.3) is 0 Å². The van der Waals surface area contributed by atoms with Crippen molar-refractivity contribution in [1.82, 2.24) is 0 Å². The lowest BCUT2D eigenvalue weighted by molar-refractivity contribution is -0.141. The van der Waals surface area contributed by atoms with Crippen LogP contribution >= 0.6 is 63.1 Å². The highest BCUT2D eigenvalue weighted by Crippen LogP contribution is 2.38. The van der Waals surface area contributed by atoms with Crippen molar-refractivity contribution < 1.29 is 71.2 Å². The van der Waals surface area contributed by atoms with E-state index < -0.39 is 0 Å². The quantitative estimate of drug-likeness (QED) is 0.0222. The van der Waals surface area contributed by atoms with Crippen molar-refractivity contribution >= 4 is 93.0 Å². The number of carbonyl (C=O) groups excluding carboxylic acids is 5. The van der Waals surface area contributed by atoms with E-state index in [1.54, 1.807) is 60.7 Å². The molecule has 0 aliphatic heterocycles. The zero-order valence-corrected chi connectivity index (χ0v) is 63.9. The third-order valence-corrected chi connectivity index (χ3v) is 21.2. The highest BCUT2D eigenvalue weighted by atomic mass is 32.1. The number of benzene rings is 5. The third kappa shape index (κ3) is 34.9. The van der Waals surface area contributed by atoms with Gasteiger partial charge in [0.1, 0.15) is 28.7 Å². The first kappa shape index (κ1) is 92.9. The summed E-state index contributed by atoms with van der Waals surface area (Å²) >= 11 is 21.1. The first-order valence-corrected chi connectivity index (χ1v) is 38.2. The van der Waals surface area contributed by atoms with Gasteiger partial charge < -0.3 is 23.7 Å². The van der Waals surface area contributed by atoms with E-state index in [-0.39, 0.29) is 83.0 Å². The van der Waals surface area contributed by atoms with Gasteiger partial charge in [0.15, 0.2) is 0 Å². The first-order valence-electron chi connectivity index (χ1n) is 36.0. The molecule has 5 aliphatic rings. The van der Waals surface area contributed by atoms with Crippen molar-refractivity contribution in [3.63, 3.8) is 0 Å². The fourth-order valence-electron chi connectivity index (χ4n) is 14.0. The maximum atomic E-state index is 12.1. The number of halogens is 5. The van der Waals surface area contributed by atoms with Crippen molar-refractivity contribution in [2.24, 2.45) is 59.2 Å². The summed E-state index contributed by atoms with van der Waals surface area (Å²) in [5.41, 5.74) is 0.